The third-order valence-electron chi connectivity index (χ3n) is 4.04. The van der Waals surface area contributed by atoms with Gasteiger partial charge in [-0.25, -0.2) is 9.97 Å². The molecule has 2 rings (SSSR count). The zero-order valence-electron chi connectivity index (χ0n) is 16.8. The second kappa shape index (κ2) is 10.6. The average molecular weight is 532 g/mol. The first-order valence-electron chi connectivity index (χ1n) is 9.28. The minimum absolute atomic E-state index is 0.147. The molecule has 0 fully saturated rings. The molecule has 1 unspecified atom stereocenters. The average Bonchev–Trinajstić information content (AvgIpc) is 2.67. The normalized spacial score (nSPS) is 12.4. The first kappa shape index (κ1) is 23.9. The van der Waals surface area contributed by atoms with Gasteiger partial charge in [0.2, 0.25) is 11.8 Å². The molecule has 0 radical (unpaired) electrons. The molecule has 2 N–H and O–H groups in total. The van der Waals surface area contributed by atoms with Gasteiger partial charge in [-0.15, -0.1) is 0 Å². The van der Waals surface area contributed by atoms with Crippen molar-refractivity contribution in [3.05, 3.63) is 47.8 Å². The maximum absolute atomic E-state index is 12.8. The number of pyridine rings is 2. The highest BCUT2D eigenvalue weighted by Crippen LogP contribution is 2.26. The van der Waals surface area contributed by atoms with Gasteiger partial charge in [-0.1, -0.05) is 19.9 Å². The lowest BCUT2D eigenvalue weighted by molar-refractivity contribution is -0.118. The predicted octanol–water partition coefficient (Wildman–Crippen LogP) is 4.36. The van der Waals surface area contributed by atoms with Gasteiger partial charge in [-0.05, 0) is 47.2 Å². The van der Waals surface area contributed by atoms with Crippen LogP contribution in [0.5, 0.6) is 5.88 Å². The van der Waals surface area contributed by atoms with Crippen molar-refractivity contribution in [1.29, 1.82) is 0 Å². The monoisotopic (exact) mass is 532 g/mol. The van der Waals surface area contributed by atoms with Crippen LogP contribution >= 0.6 is 22.6 Å². The zero-order valence-corrected chi connectivity index (χ0v) is 18.9. The quantitative estimate of drug-likeness (QED) is 0.370. The minimum atomic E-state index is -2.82. The Morgan fingerprint density at radius 2 is 1.93 bits per heavy atom. The van der Waals surface area contributed by atoms with Crippen LogP contribution in [0, 0.1) is 5.92 Å². The molecule has 0 bridgehead atoms. The molecule has 0 saturated carbocycles. The molecule has 10 heteroatoms. The molecule has 0 aliphatic rings. The van der Waals surface area contributed by atoms with Crippen molar-refractivity contribution in [3.8, 4) is 5.88 Å². The third-order valence-corrected chi connectivity index (χ3v) is 4.58. The fraction of sp³-hybridized carbons (Fsp3) is 0.400. The summed E-state index contributed by atoms with van der Waals surface area (Å²) >= 11 is 1.06. The molecule has 2 heterocycles. The van der Waals surface area contributed by atoms with E-state index in [9.17, 15) is 18.4 Å². The summed E-state index contributed by atoms with van der Waals surface area (Å²) in [5.41, 5.74) is 1.07. The summed E-state index contributed by atoms with van der Waals surface area (Å²) in [6.07, 6.45) is 2.56. The Kier molecular flexibility index (Phi) is 8.44. The molecule has 30 heavy (non-hydrogen) atoms. The Morgan fingerprint density at radius 1 is 1.20 bits per heavy atom. The smallest absolute Gasteiger partial charge is 0.299 e. The van der Waals surface area contributed by atoms with Gasteiger partial charge in [-0.2, -0.15) is 8.78 Å². The standard InChI is InChI=1S/C20H23F2IN4O3/c1-12(2)18(28)27-16-10-14(6-8-24-16)19(29)26-13(3)15-4-5-17(25-11-15)30-9-7-20(21,22)23/h4-6,8,10-13H,7,9H2,1-3H3,(H,26,29)(H,24,27,28). The van der Waals surface area contributed by atoms with Crippen LogP contribution in [0.2, 0.25) is 0 Å². The van der Waals surface area contributed by atoms with Gasteiger partial charge in [0.1, 0.15) is 5.82 Å². The fourth-order valence-electron chi connectivity index (χ4n) is 2.28. The molecule has 7 nitrogen and oxygen atoms in total. The van der Waals surface area contributed by atoms with Gasteiger partial charge in [-0.3, -0.25) is 9.59 Å². The van der Waals surface area contributed by atoms with Gasteiger partial charge >= 0.3 is 0 Å². The number of hydrogen-bond donors (Lipinski definition) is 2. The lowest BCUT2D eigenvalue weighted by atomic mass is 10.1. The van der Waals surface area contributed by atoms with Crippen LogP contribution in [0.15, 0.2) is 36.7 Å². The number of aromatic nitrogens is 2. The fourth-order valence-corrected chi connectivity index (χ4v) is 2.50. The molecule has 2 aromatic heterocycles. The minimum Gasteiger partial charge on any atom is -0.477 e. The number of nitrogens with zero attached hydrogens (tertiary/aromatic N) is 2. The summed E-state index contributed by atoms with van der Waals surface area (Å²) in [4.78, 5) is 32.5. The highest BCUT2D eigenvalue weighted by molar-refractivity contribution is 14.1. The Morgan fingerprint density at radius 3 is 2.53 bits per heavy atom. The second-order valence-corrected chi connectivity index (χ2v) is 8.49. The molecule has 0 spiro atoms. The van der Waals surface area contributed by atoms with Crippen molar-refractivity contribution in [2.24, 2.45) is 5.92 Å². The Hall–Kier alpha value is -2.37. The van der Waals surface area contributed by atoms with Crippen molar-refractivity contribution in [2.75, 3.05) is 11.9 Å². The van der Waals surface area contributed by atoms with Crippen molar-refractivity contribution < 1.29 is 23.1 Å². The topological polar surface area (TPSA) is 93.2 Å². The second-order valence-electron chi connectivity index (χ2n) is 6.91. The predicted molar refractivity (Wildman–Crippen MR) is 117 cm³/mol. The van der Waals surface area contributed by atoms with Crippen LogP contribution in [0.4, 0.5) is 14.6 Å². The van der Waals surface area contributed by atoms with E-state index in [0.29, 0.717) is 11.4 Å². The first-order valence-corrected chi connectivity index (χ1v) is 10.4. The maximum atomic E-state index is 12.8. The van der Waals surface area contributed by atoms with E-state index in [4.69, 9.17) is 4.74 Å². The first-order chi connectivity index (χ1) is 14.0. The summed E-state index contributed by atoms with van der Waals surface area (Å²) in [7, 11) is 0. The number of rotatable bonds is 9. The molecule has 0 saturated heterocycles. The number of alkyl halides is 3. The maximum Gasteiger partial charge on any atom is 0.299 e. The lowest BCUT2D eigenvalue weighted by Crippen LogP contribution is -2.27. The summed E-state index contributed by atoms with van der Waals surface area (Å²) in [5.74, 6) is -0.202. The Bertz CT molecular complexity index is 873. The lowest BCUT2D eigenvalue weighted by Gasteiger charge is -2.15. The van der Waals surface area contributed by atoms with Crippen LogP contribution in [0.1, 0.15) is 49.2 Å². The third kappa shape index (κ3) is 7.81. The number of ether oxygens (including phenoxy) is 1. The van der Waals surface area contributed by atoms with E-state index in [2.05, 4.69) is 20.6 Å². The van der Waals surface area contributed by atoms with Crippen molar-refractivity contribution in [2.45, 2.75) is 37.2 Å². The van der Waals surface area contributed by atoms with E-state index in [1.165, 1.54) is 18.5 Å². The SMILES string of the molecule is CC(C)C(=O)Nc1cc(C(=O)NC(C)c2ccc(OCCC(F)(F)I)nc2)ccn1. The molecule has 1 atom stereocenters. The number of nitrogens with one attached hydrogen (secondary N) is 2. The number of anilines is 1. The molecule has 0 aromatic carbocycles. The van der Waals surface area contributed by atoms with Gasteiger partial charge in [0, 0.05) is 29.9 Å². The molecular formula is C20H23F2IN4O3. The van der Waals surface area contributed by atoms with Gasteiger partial charge in [0.05, 0.1) is 19.1 Å². The van der Waals surface area contributed by atoms with E-state index in [-0.39, 0.29) is 36.3 Å². The van der Waals surface area contributed by atoms with Crippen LogP contribution in [-0.4, -0.2) is 32.3 Å². The molecule has 0 aliphatic carbocycles. The largest absolute Gasteiger partial charge is 0.477 e. The van der Waals surface area contributed by atoms with Crippen LogP contribution in [0.3, 0.4) is 0 Å². The zero-order chi connectivity index (χ0) is 22.3. The summed E-state index contributed by atoms with van der Waals surface area (Å²) in [6.45, 7) is 5.16. The van der Waals surface area contributed by atoms with Crippen molar-refractivity contribution >= 4 is 40.2 Å². The van der Waals surface area contributed by atoms with Crippen LogP contribution in [-0.2, 0) is 4.79 Å². The van der Waals surface area contributed by atoms with E-state index in [1.807, 2.05) is 0 Å². The molecule has 0 aliphatic heterocycles. The van der Waals surface area contributed by atoms with Crippen molar-refractivity contribution in [3.63, 3.8) is 0 Å². The Labute approximate surface area is 187 Å². The van der Waals surface area contributed by atoms with Crippen LogP contribution < -0.4 is 15.4 Å². The number of amides is 2. The van der Waals surface area contributed by atoms with Crippen LogP contribution in [0.25, 0.3) is 0 Å². The molecule has 2 aromatic rings. The summed E-state index contributed by atoms with van der Waals surface area (Å²) in [5, 5.41) is 5.49. The number of carbonyl (C=O) groups excluding carboxylic acids is 2. The highest BCUT2D eigenvalue weighted by Gasteiger charge is 2.23. The highest BCUT2D eigenvalue weighted by atomic mass is 127. The van der Waals surface area contributed by atoms with Gasteiger partial charge in [0.25, 0.3) is 9.84 Å². The number of halogens is 3. The molecule has 2 amide bonds. The van der Waals surface area contributed by atoms with E-state index < -0.39 is 10.4 Å². The molecule has 162 valence electrons. The van der Waals surface area contributed by atoms with E-state index in [0.717, 1.165) is 28.2 Å². The van der Waals surface area contributed by atoms with Gasteiger partial charge in [0.15, 0.2) is 0 Å². The van der Waals surface area contributed by atoms with E-state index in [1.54, 1.807) is 39.0 Å². The number of hydrogen-bond acceptors (Lipinski definition) is 5. The summed E-state index contributed by atoms with van der Waals surface area (Å²) < 4.78 is 28.0. The Balaban J connectivity index is 1.94. The van der Waals surface area contributed by atoms with E-state index >= 15 is 0 Å². The van der Waals surface area contributed by atoms with Crippen molar-refractivity contribution in [1.82, 2.24) is 15.3 Å². The summed E-state index contributed by atoms with van der Waals surface area (Å²) in [6, 6.07) is 5.96. The van der Waals surface area contributed by atoms with Gasteiger partial charge < -0.3 is 15.4 Å². The number of carbonyl (C=O) groups is 2. The molecular weight excluding hydrogens is 509 g/mol.